The van der Waals surface area contributed by atoms with Crippen molar-refractivity contribution in [3.63, 3.8) is 0 Å². The molecule has 0 saturated carbocycles. The number of para-hydroxylation sites is 1. The van der Waals surface area contributed by atoms with E-state index in [4.69, 9.17) is 9.26 Å². The monoisotopic (exact) mass is 435 g/mol. The Balaban J connectivity index is 1.31. The second-order valence-corrected chi connectivity index (χ2v) is 8.82. The summed E-state index contributed by atoms with van der Waals surface area (Å²) in [6.07, 6.45) is 4.39. The fourth-order valence-corrected chi connectivity index (χ4v) is 4.71. The van der Waals surface area contributed by atoms with Crippen molar-refractivity contribution in [1.29, 1.82) is 0 Å². The van der Waals surface area contributed by atoms with E-state index >= 15 is 0 Å². The molecule has 0 amide bonds. The summed E-state index contributed by atoms with van der Waals surface area (Å²) in [7, 11) is -3.52. The molecule has 2 aromatic heterocycles. The van der Waals surface area contributed by atoms with Gasteiger partial charge in [-0.15, -0.1) is 0 Å². The maximum atomic E-state index is 12.7. The number of sulfonamides is 1. The van der Waals surface area contributed by atoms with Crippen LogP contribution in [0.5, 0.6) is 5.75 Å². The molecule has 5 rings (SSSR count). The van der Waals surface area contributed by atoms with Crippen LogP contribution in [0.25, 0.3) is 23.0 Å². The Bertz CT molecular complexity index is 1290. The van der Waals surface area contributed by atoms with Crippen LogP contribution in [0.2, 0.25) is 0 Å². The normalized spacial score (nSPS) is 14.8. The number of aromatic nitrogens is 4. The molecule has 0 N–H and O–H groups in total. The zero-order valence-corrected chi connectivity index (χ0v) is 17.0. The number of nitrogens with zero attached hydrogens (tertiary/aromatic N) is 5. The molecular weight excluding hydrogens is 418 g/mol. The second-order valence-electron chi connectivity index (χ2n) is 6.88. The van der Waals surface area contributed by atoms with Crippen molar-refractivity contribution >= 4 is 10.0 Å². The Hall–Kier alpha value is -3.63. The van der Waals surface area contributed by atoms with Crippen molar-refractivity contribution in [3.8, 4) is 28.7 Å². The first-order chi connectivity index (χ1) is 15.1. The summed E-state index contributed by atoms with van der Waals surface area (Å²) < 4.78 is 38.2. The lowest BCUT2D eigenvalue weighted by Crippen LogP contribution is -2.55. The Morgan fingerprint density at radius 1 is 1.00 bits per heavy atom. The topological polar surface area (TPSA) is 111 Å². The number of hydrogen-bond donors (Lipinski definition) is 0. The van der Waals surface area contributed by atoms with Gasteiger partial charge in [-0.2, -0.15) is 9.29 Å². The number of ether oxygens (including phenoxy) is 1. The number of rotatable bonds is 6. The fraction of sp³-hybridized carbons (Fsp3) is 0.143. The highest BCUT2D eigenvalue weighted by molar-refractivity contribution is 7.89. The predicted molar refractivity (Wildman–Crippen MR) is 110 cm³/mol. The minimum Gasteiger partial charge on any atom is -0.487 e. The van der Waals surface area contributed by atoms with Crippen LogP contribution in [0.3, 0.4) is 0 Å². The maximum absolute atomic E-state index is 12.7. The van der Waals surface area contributed by atoms with Crippen LogP contribution in [0.1, 0.15) is 0 Å². The van der Waals surface area contributed by atoms with Crippen LogP contribution in [0.4, 0.5) is 0 Å². The lowest BCUT2D eigenvalue weighted by atomic mass is 10.2. The van der Waals surface area contributed by atoms with Crippen LogP contribution in [-0.2, 0) is 10.0 Å². The van der Waals surface area contributed by atoms with Crippen molar-refractivity contribution in [3.05, 3.63) is 73.2 Å². The van der Waals surface area contributed by atoms with Crippen LogP contribution >= 0.6 is 0 Å². The molecule has 0 radical (unpaired) electrons. The average Bonchev–Trinajstić information content (AvgIpc) is 3.27. The molecule has 0 atom stereocenters. The van der Waals surface area contributed by atoms with Gasteiger partial charge in [0.25, 0.3) is 5.89 Å². The predicted octanol–water partition coefficient (Wildman–Crippen LogP) is 2.65. The van der Waals surface area contributed by atoms with Crippen LogP contribution in [0.15, 0.2) is 82.6 Å². The summed E-state index contributed by atoms with van der Waals surface area (Å²) in [6, 6.07) is 15.6. The smallest absolute Gasteiger partial charge is 0.262 e. The molecule has 0 aliphatic carbocycles. The van der Waals surface area contributed by atoms with Gasteiger partial charge in [0.1, 0.15) is 17.5 Å². The van der Waals surface area contributed by atoms with Gasteiger partial charge in [-0.1, -0.05) is 35.5 Å². The molecule has 0 spiro atoms. The molecule has 9 nitrogen and oxygen atoms in total. The molecule has 3 heterocycles. The molecular formula is C21H17N5O4S. The molecule has 1 aliphatic rings. The molecule has 1 aliphatic heterocycles. The van der Waals surface area contributed by atoms with Gasteiger partial charge in [0.15, 0.2) is 0 Å². The van der Waals surface area contributed by atoms with E-state index in [9.17, 15) is 8.42 Å². The first-order valence-electron chi connectivity index (χ1n) is 9.52. The van der Waals surface area contributed by atoms with Crippen molar-refractivity contribution < 1.29 is 17.7 Å². The van der Waals surface area contributed by atoms with E-state index in [-0.39, 0.29) is 30.0 Å². The van der Waals surface area contributed by atoms with Crippen molar-refractivity contribution in [2.75, 3.05) is 13.1 Å². The van der Waals surface area contributed by atoms with Crippen LogP contribution in [0, 0.1) is 0 Å². The van der Waals surface area contributed by atoms with Crippen molar-refractivity contribution in [2.24, 2.45) is 0 Å². The zero-order chi connectivity index (χ0) is 21.3. The first-order valence-corrected chi connectivity index (χ1v) is 11.0. The Morgan fingerprint density at radius 3 is 2.55 bits per heavy atom. The van der Waals surface area contributed by atoms with E-state index in [2.05, 4.69) is 20.1 Å². The number of hydrogen-bond acceptors (Lipinski definition) is 8. The first kappa shape index (κ1) is 19.3. The summed E-state index contributed by atoms with van der Waals surface area (Å²) in [5.41, 5.74) is 1.12. The Labute approximate surface area is 178 Å². The van der Waals surface area contributed by atoms with Gasteiger partial charge in [-0.3, -0.25) is 4.98 Å². The minimum atomic E-state index is -3.52. The molecule has 4 aromatic rings. The van der Waals surface area contributed by atoms with Gasteiger partial charge in [-0.25, -0.2) is 13.4 Å². The SMILES string of the molecule is O=S(=O)(c1ccccc1)N1CC(Oc2ccccc2-c2nc(-c3cnccn3)no2)C1. The lowest BCUT2D eigenvalue weighted by molar-refractivity contribution is 0.0765. The second kappa shape index (κ2) is 7.89. The molecule has 2 aromatic carbocycles. The van der Waals surface area contributed by atoms with E-state index in [0.29, 0.717) is 22.8 Å². The summed E-state index contributed by atoms with van der Waals surface area (Å²) in [6.45, 7) is 0.528. The van der Waals surface area contributed by atoms with E-state index in [1.165, 1.54) is 4.31 Å². The van der Waals surface area contributed by atoms with Crippen molar-refractivity contribution in [1.82, 2.24) is 24.4 Å². The van der Waals surface area contributed by atoms with Gasteiger partial charge in [-0.05, 0) is 24.3 Å². The molecule has 10 heteroatoms. The standard InChI is InChI=1S/C21H17N5O4S/c27-31(28,16-6-2-1-3-7-16)26-13-15(14-26)29-19-9-5-4-8-17(19)21-24-20(25-30-21)18-12-22-10-11-23-18/h1-12,15H,13-14H2. The third kappa shape index (κ3) is 3.78. The summed E-state index contributed by atoms with van der Waals surface area (Å²) in [4.78, 5) is 12.8. The lowest BCUT2D eigenvalue weighted by Gasteiger charge is -2.38. The molecule has 31 heavy (non-hydrogen) atoms. The fourth-order valence-electron chi connectivity index (χ4n) is 3.19. The van der Waals surface area contributed by atoms with E-state index in [1.807, 2.05) is 12.1 Å². The molecule has 0 unspecified atom stereocenters. The quantitative estimate of drug-likeness (QED) is 0.454. The van der Waals surface area contributed by atoms with Gasteiger partial charge in [0, 0.05) is 12.4 Å². The van der Waals surface area contributed by atoms with Gasteiger partial charge >= 0.3 is 0 Å². The highest BCUT2D eigenvalue weighted by atomic mass is 32.2. The zero-order valence-electron chi connectivity index (χ0n) is 16.2. The third-order valence-corrected chi connectivity index (χ3v) is 6.67. The van der Waals surface area contributed by atoms with Crippen molar-refractivity contribution in [2.45, 2.75) is 11.0 Å². The van der Waals surface area contributed by atoms with E-state index in [1.54, 1.807) is 61.1 Å². The van der Waals surface area contributed by atoms with Gasteiger partial charge < -0.3 is 9.26 Å². The Morgan fingerprint density at radius 2 is 1.77 bits per heavy atom. The highest BCUT2D eigenvalue weighted by Gasteiger charge is 2.38. The maximum Gasteiger partial charge on any atom is 0.262 e. The summed E-state index contributed by atoms with van der Waals surface area (Å²) >= 11 is 0. The van der Waals surface area contributed by atoms with E-state index in [0.717, 1.165) is 0 Å². The highest BCUT2D eigenvalue weighted by Crippen LogP contribution is 2.32. The average molecular weight is 435 g/mol. The molecule has 156 valence electrons. The largest absolute Gasteiger partial charge is 0.487 e. The van der Waals surface area contributed by atoms with Gasteiger partial charge in [0.05, 0.1) is 29.7 Å². The third-order valence-electron chi connectivity index (χ3n) is 4.82. The molecule has 1 fully saturated rings. The minimum absolute atomic E-state index is 0.264. The van der Waals surface area contributed by atoms with Gasteiger partial charge in [0.2, 0.25) is 15.8 Å². The molecule has 1 saturated heterocycles. The summed E-state index contributed by atoms with van der Waals surface area (Å²) in [5.74, 6) is 1.14. The van der Waals surface area contributed by atoms with Crippen LogP contribution < -0.4 is 4.74 Å². The molecule has 0 bridgehead atoms. The number of benzene rings is 2. The summed E-state index contributed by atoms with van der Waals surface area (Å²) in [5, 5.41) is 3.96. The Kier molecular flexibility index (Phi) is 4.92. The van der Waals surface area contributed by atoms with E-state index < -0.39 is 10.0 Å². The van der Waals surface area contributed by atoms with Crippen LogP contribution in [-0.4, -0.2) is 52.0 Å².